The van der Waals surface area contributed by atoms with Crippen LogP contribution in [0.15, 0.2) is 57.7 Å². The fraction of sp³-hybridized carbons (Fsp3) is 0.552. The van der Waals surface area contributed by atoms with Gasteiger partial charge in [0.25, 0.3) is 0 Å². The van der Waals surface area contributed by atoms with Gasteiger partial charge in [-0.15, -0.1) is 0 Å². The van der Waals surface area contributed by atoms with Crippen molar-refractivity contribution in [1.29, 1.82) is 5.41 Å². The Morgan fingerprint density at radius 3 is 2.51 bits per heavy atom. The van der Waals surface area contributed by atoms with Crippen molar-refractivity contribution in [3.8, 4) is 0 Å². The summed E-state index contributed by atoms with van der Waals surface area (Å²) in [4.78, 5) is 11.6. The largest absolute Gasteiger partial charge is 0.402 e. The normalized spacial score (nSPS) is 30.3. The van der Waals surface area contributed by atoms with Gasteiger partial charge in [-0.1, -0.05) is 36.4 Å². The number of piperidine rings is 1. The summed E-state index contributed by atoms with van der Waals surface area (Å²) in [6, 6.07) is 7.72. The molecular weight excluding hydrogens is 432 g/mol. The van der Waals surface area contributed by atoms with Crippen LogP contribution in [0.4, 0.5) is 0 Å². The third-order valence-corrected chi connectivity index (χ3v) is 9.03. The molecule has 3 aliphatic carbocycles. The van der Waals surface area contributed by atoms with Gasteiger partial charge in [-0.25, -0.2) is 0 Å². The molecular formula is C29H40N6. The van der Waals surface area contributed by atoms with E-state index in [9.17, 15) is 0 Å². The molecule has 35 heavy (non-hydrogen) atoms. The van der Waals surface area contributed by atoms with E-state index in [0.717, 1.165) is 35.4 Å². The molecule has 1 heterocycles. The fourth-order valence-corrected chi connectivity index (χ4v) is 6.78. The maximum absolute atomic E-state index is 8.72. The van der Waals surface area contributed by atoms with Gasteiger partial charge in [0, 0.05) is 48.7 Å². The number of likely N-dealkylation sites (tertiary alicyclic amines) is 1. The Hall–Kier alpha value is -2.73. The molecule has 6 heteroatoms. The molecule has 0 amide bonds. The average Bonchev–Trinajstić information content (AvgIpc) is 3.16. The van der Waals surface area contributed by atoms with Crippen molar-refractivity contribution >= 4 is 17.8 Å². The van der Waals surface area contributed by atoms with E-state index < -0.39 is 0 Å². The minimum absolute atomic E-state index is 0.325. The van der Waals surface area contributed by atoms with Gasteiger partial charge in [-0.2, -0.15) is 0 Å². The van der Waals surface area contributed by atoms with Crippen LogP contribution >= 0.6 is 0 Å². The highest BCUT2D eigenvalue weighted by molar-refractivity contribution is 6.26. The van der Waals surface area contributed by atoms with Crippen LogP contribution in [-0.2, 0) is 0 Å². The number of nitrogens with one attached hydrogen (secondary N) is 1. The van der Waals surface area contributed by atoms with E-state index in [1.807, 2.05) is 24.3 Å². The summed E-state index contributed by atoms with van der Waals surface area (Å²) >= 11 is 0. The topological polar surface area (TPSA) is 104 Å². The average molecular weight is 473 g/mol. The number of allylic oxidation sites excluding steroid dienone is 4. The molecule has 1 aromatic rings. The number of benzene rings is 1. The van der Waals surface area contributed by atoms with Gasteiger partial charge in [0.15, 0.2) is 0 Å². The van der Waals surface area contributed by atoms with Crippen molar-refractivity contribution in [2.75, 3.05) is 33.2 Å². The van der Waals surface area contributed by atoms with Crippen LogP contribution in [0.1, 0.15) is 50.2 Å². The molecule has 0 radical (unpaired) electrons. The summed E-state index contributed by atoms with van der Waals surface area (Å²) in [7, 11) is 1.68. The molecule has 5 N–H and O–H groups in total. The first-order chi connectivity index (χ1) is 16.9. The van der Waals surface area contributed by atoms with Crippen molar-refractivity contribution in [2.24, 2.45) is 50.5 Å². The monoisotopic (exact) mass is 472 g/mol. The standard InChI is InChI=1S/C29H40N6/c1-19(30)26(17-33-2)27(31)24-5-3-4-6-25(24)28(32)34-16-23-15-29(23)9-11-35(12-10-29)18-22-14-20-7-8-21(22)13-20/h3-8,17,20-23,31H,9-16,18,30H2,1-2H3,(H2,32,34). The lowest BCUT2D eigenvalue weighted by atomic mass is 9.88. The van der Waals surface area contributed by atoms with Crippen molar-refractivity contribution in [3.05, 3.63) is 58.8 Å². The lowest BCUT2D eigenvalue weighted by molar-refractivity contribution is 0.136. The number of nitrogens with two attached hydrogens (primary N) is 2. The summed E-state index contributed by atoms with van der Waals surface area (Å²) in [5.41, 5.74) is 16.0. The number of amidine groups is 1. The van der Waals surface area contributed by atoms with Crippen LogP contribution in [-0.4, -0.2) is 55.9 Å². The van der Waals surface area contributed by atoms with E-state index in [1.165, 1.54) is 51.7 Å². The number of hydrogen-bond acceptors (Lipinski definition) is 5. The predicted molar refractivity (Wildman–Crippen MR) is 145 cm³/mol. The third-order valence-electron chi connectivity index (χ3n) is 9.03. The first kappa shape index (κ1) is 24.0. The van der Waals surface area contributed by atoms with Gasteiger partial charge >= 0.3 is 0 Å². The summed E-state index contributed by atoms with van der Waals surface area (Å²) in [5.74, 6) is 3.75. The molecule has 1 aliphatic heterocycles. The van der Waals surface area contributed by atoms with Gasteiger partial charge in [0.1, 0.15) is 5.84 Å². The highest BCUT2D eigenvalue weighted by Crippen LogP contribution is 2.59. The lowest BCUT2D eigenvalue weighted by Gasteiger charge is -2.35. The zero-order valence-electron chi connectivity index (χ0n) is 21.2. The highest BCUT2D eigenvalue weighted by Gasteiger charge is 2.54. The van der Waals surface area contributed by atoms with Crippen LogP contribution in [0.3, 0.4) is 0 Å². The highest BCUT2D eigenvalue weighted by atomic mass is 15.1. The summed E-state index contributed by atoms with van der Waals surface area (Å²) in [6.07, 6.45) is 13.2. The first-order valence-electron chi connectivity index (χ1n) is 13.2. The second kappa shape index (κ2) is 9.73. The summed E-state index contributed by atoms with van der Waals surface area (Å²) in [6.45, 7) is 6.33. The first-order valence-corrected chi connectivity index (χ1v) is 13.2. The van der Waals surface area contributed by atoms with Crippen molar-refractivity contribution < 1.29 is 0 Å². The molecule has 0 aromatic heterocycles. The molecule has 5 rings (SSSR count). The number of nitrogens with zero attached hydrogens (tertiary/aromatic N) is 3. The molecule has 2 saturated carbocycles. The van der Waals surface area contributed by atoms with Crippen LogP contribution in [0, 0.1) is 34.5 Å². The van der Waals surface area contributed by atoms with Gasteiger partial charge in [-0.05, 0) is 81.2 Å². The van der Waals surface area contributed by atoms with Gasteiger partial charge in [0.05, 0.1) is 5.71 Å². The maximum atomic E-state index is 8.72. The Morgan fingerprint density at radius 2 is 1.89 bits per heavy atom. The molecule has 1 spiro atoms. The molecule has 4 aliphatic rings. The molecule has 1 saturated heterocycles. The Labute approximate surface area is 209 Å². The molecule has 1 aromatic carbocycles. The van der Waals surface area contributed by atoms with Gasteiger partial charge < -0.3 is 16.4 Å². The van der Waals surface area contributed by atoms with Gasteiger partial charge in [-0.3, -0.25) is 15.4 Å². The van der Waals surface area contributed by atoms with E-state index in [-0.39, 0.29) is 0 Å². The van der Waals surface area contributed by atoms with Crippen molar-refractivity contribution in [1.82, 2.24) is 4.90 Å². The third kappa shape index (κ3) is 4.86. The van der Waals surface area contributed by atoms with Crippen LogP contribution < -0.4 is 11.5 Å². The zero-order valence-corrected chi connectivity index (χ0v) is 21.2. The molecule has 4 atom stereocenters. The minimum Gasteiger partial charge on any atom is -0.402 e. The molecule has 186 valence electrons. The zero-order chi connectivity index (χ0) is 24.6. The van der Waals surface area contributed by atoms with Crippen LogP contribution in [0.2, 0.25) is 0 Å². The minimum atomic E-state index is 0.325. The van der Waals surface area contributed by atoms with E-state index >= 15 is 0 Å². The maximum Gasteiger partial charge on any atom is 0.126 e. The fourth-order valence-electron chi connectivity index (χ4n) is 6.78. The van der Waals surface area contributed by atoms with E-state index in [2.05, 4.69) is 22.0 Å². The quantitative estimate of drug-likeness (QED) is 0.302. The number of rotatable bonds is 8. The molecule has 2 bridgehead atoms. The SMILES string of the molecule is CN=CC(C(=N)c1ccccc1C(N)=NCC1CC12CCN(CC1CC3C=CC1C3)CC2)=C(C)N. The Morgan fingerprint density at radius 1 is 1.14 bits per heavy atom. The van der Waals surface area contributed by atoms with Crippen molar-refractivity contribution in [2.45, 2.75) is 39.0 Å². The van der Waals surface area contributed by atoms with E-state index in [4.69, 9.17) is 21.9 Å². The molecule has 4 unspecified atom stereocenters. The predicted octanol–water partition coefficient (Wildman–Crippen LogP) is 4.01. The second-order valence-corrected chi connectivity index (χ2v) is 11.2. The molecule has 6 nitrogen and oxygen atoms in total. The van der Waals surface area contributed by atoms with Gasteiger partial charge in [0.2, 0.25) is 0 Å². The Bertz CT molecular complexity index is 1080. The Balaban J connectivity index is 1.18. The van der Waals surface area contributed by atoms with Crippen LogP contribution in [0.5, 0.6) is 0 Å². The van der Waals surface area contributed by atoms with E-state index in [0.29, 0.717) is 34.2 Å². The number of aliphatic imine (C=N–C) groups is 2. The number of hydrogen-bond donors (Lipinski definition) is 3. The Kier molecular flexibility index (Phi) is 6.67. The lowest BCUT2D eigenvalue weighted by Crippen LogP contribution is -2.39. The summed E-state index contributed by atoms with van der Waals surface area (Å²) in [5, 5.41) is 8.72. The summed E-state index contributed by atoms with van der Waals surface area (Å²) < 4.78 is 0. The second-order valence-electron chi connectivity index (χ2n) is 11.2. The smallest absolute Gasteiger partial charge is 0.126 e. The number of fused-ring (bicyclic) bond motifs is 2. The van der Waals surface area contributed by atoms with Crippen LogP contribution in [0.25, 0.3) is 0 Å². The molecule has 3 fully saturated rings. The van der Waals surface area contributed by atoms with E-state index in [1.54, 1.807) is 20.2 Å². The van der Waals surface area contributed by atoms with Crippen molar-refractivity contribution in [3.63, 3.8) is 0 Å².